The zero-order chi connectivity index (χ0) is 26.8. The third-order valence-electron chi connectivity index (χ3n) is 7.02. The summed E-state index contributed by atoms with van der Waals surface area (Å²) in [5.41, 5.74) is 8.31. The lowest BCUT2D eigenvalue weighted by Crippen LogP contribution is -2.49. The molecule has 1 atom stereocenters. The van der Waals surface area contributed by atoms with Gasteiger partial charge >= 0.3 is 12.0 Å². The van der Waals surface area contributed by atoms with Crippen LogP contribution in [-0.4, -0.2) is 82.1 Å². The van der Waals surface area contributed by atoms with Gasteiger partial charge in [-0.3, -0.25) is 4.79 Å². The van der Waals surface area contributed by atoms with Crippen molar-refractivity contribution in [2.75, 3.05) is 43.4 Å². The van der Waals surface area contributed by atoms with Crippen LogP contribution < -0.4 is 16.0 Å². The summed E-state index contributed by atoms with van der Waals surface area (Å²) in [5, 5.41) is 12.3. The van der Waals surface area contributed by atoms with Crippen molar-refractivity contribution in [1.29, 1.82) is 0 Å². The van der Waals surface area contributed by atoms with Gasteiger partial charge in [-0.2, -0.15) is 0 Å². The molecule has 0 spiro atoms. The second-order valence-electron chi connectivity index (χ2n) is 9.51. The minimum absolute atomic E-state index is 0.0343. The molecule has 0 unspecified atom stereocenters. The number of carboxylic acid groups (broad SMARTS) is 1. The lowest BCUT2D eigenvalue weighted by molar-refractivity contribution is 0.0696. The van der Waals surface area contributed by atoms with Gasteiger partial charge < -0.3 is 30.9 Å². The van der Waals surface area contributed by atoms with E-state index in [1.807, 2.05) is 36.2 Å². The van der Waals surface area contributed by atoms with Crippen LogP contribution >= 0.6 is 0 Å². The summed E-state index contributed by atoms with van der Waals surface area (Å²) in [6.07, 6.45) is 3.39. The second kappa shape index (κ2) is 10.4. The van der Waals surface area contributed by atoms with Gasteiger partial charge in [0, 0.05) is 38.9 Å². The Balaban J connectivity index is 1.34. The fraction of sp³-hybridized carbons (Fsp3) is 0.296. The van der Waals surface area contributed by atoms with E-state index in [9.17, 15) is 14.4 Å². The van der Waals surface area contributed by atoms with Gasteiger partial charge in [-0.15, -0.1) is 0 Å². The van der Waals surface area contributed by atoms with Crippen LogP contribution in [0.5, 0.6) is 0 Å². The van der Waals surface area contributed by atoms with E-state index in [-0.39, 0.29) is 29.1 Å². The minimum Gasteiger partial charge on any atom is -0.478 e. The maximum atomic E-state index is 12.5. The Hall–Kier alpha value is -4.67. The van der Waals surface area contributed by atoms with Crippen LogP contribution in [0.4, 0.5) is 22.1 Å². The third kappa shape index (κ3) is 5.08. The number of aromatic carboxylic acids is 1. The topological polar surface area (TPSA) is 145 Å². The molecule has 3 aromatic rings. The highest BCUT2D eigenvalue weighted by molar-refractivity contribution is 5.96. The molecule has 1 aromatic heterocycles. The van der Waals surface area contributed by atoms with Crippen LogP contribution in [0.2, 0.25) is 0 Å². The van der Waals surface area contributed by atoms with Gasteiger partial charge in [0.25, 0.3) is 5.91 Å². The molecule has 2 aliphatic heterocycles. The van der Waals surface area contributed by atoms with E-state index in [1.165, 1.54) is 0 Å². The number of piperidine rings is 1. The number of aromatic nitrogens is 2. The monoisotopic (exact) mass is 515 g/mol. The number of anilines is 3. The summed E-state index contributed by atoms with van der Waals surface area (Å²) >= 11 is 0. The average molecular weight is 516 g/mol. The van der Waals surface area contributed by atoms with Crippen LogP contribution in [0.25, 0.3) is 11.1 Å². The molecule has 4 N–H and O–H groups in total. The first-order chi connectivity index (χ1) is 18.3. The second-order valence-corrected chi connectivity index (χ2v) is 9.51. The van der Waals surface area contributed by atoms with E-state index in [0.717, 1.165) is 37.1 Å². The highest BCUT2D eigenvalue weighted by atomic mass is 16.4. The SMILES string of the molecule is CN1CCN([C@@H]2CCCN(c3cnc(C(N)=O)c(Nc4ccc(-c5ccc(C(=O)O)cc5)cc4)n3)C2)C1=O. The molecule has 2 aromatic carbocycles. The standard InChI is InChI=1S/C27H29N7O4/c1-32-13-14-34(27(32)38)21-3-2-12-33(16-21)22-15-29-23(24(28)35)25(31-22)30-20-10-8-18(9-11-20)17-4-6-19(7-5-17)26(36)37/h4-11,15,21H,2-3,12-14,16H2,1H3,(H2,28,35)(H,30,31)(H,36,37)/t21-/m1/s1. The fourth-order valence-electron chi connectivity index (χ4n) is 4.91. The Morgan fingerprint density at radius 2 is 1.71 bits per heavy atom. The molecule has 2 fully saturated rings. The number of amides is 3. The Morgan fingerprint density at radius 3 is 2.32 bits per heavy atom. The first-order valence-corrected chi connectivity index (χ1v) is 12.4. The van der Waals surface area contributed by atoms with Gasteiger partial charge in [0.1, 0.15) is 5.82 Å². The quantitative estimate of drug-likeness (QED) is 0.435. The molecule has 11 heteroatoms. The van der Waals surface area contributed by atoms with E-state index < -0.39 is 11.9 Å². The number of carbonyl (C=O) groups excluding carboxylic acids is 2. The summed E-state index contributed by atoms with van der Waals surface area (Å²) in [6, 6.07) is 14.2. The average Bonchev–Trinajstić information content (AvgIpc) is 3.27. The number of hydrogen-bond acceptors (Lipinski definition) is 7. The van der Waals surface area contributed by atoms with Crippen molar-refractivity contribution in [3.8, 4) is 11.1 Å². The summed E-state index contributed by atoms with van der Waals surface area (Å²) in [7, 11) is 1.82. The number of nitrogens with one attached hydrogen (secondary N) is 1. The lowest BCUT2D eigenvalue weighted by Gasteiger charge is -2.37. The molecular weight excluding hydrogens is 486 g/mol. The summed E-state index contributed by atoms with van der Waals surface area (Å²) in [4.78, 5) is 50.4. The van der Waals surface area contributed by atoms with Crippen molar-refractivity contribution in [1.82, 2.24) is 19.8 Å². The largest absolute Gasteiger partial charge is 0.478 e. The Labute approximate surface area is 219 Å². The number of primary amides is 1. The Bertz CT molecular complexity index is 1360. The van der Waals surface area contributed by atoms with Crippen LogP contribution in [0, 0.1) is 0 Å². The number of rotatable bonds is 7. The van der Waals surface area contributed by atoms with Crippen molar-refractivity contribution in [3.63, 3.8) is 0 Å². The zero-order valence-electron chi connectivity index (χ0n) is 21.0. The predicted molar refractivity (Wildman–Crippen MR) is 143 cm³/mol. The molecule has 196 valence electrons. The van der Waals surface area contributed by atoms with Crippen LogP contribution in [0.1, 0.15) is 33.7 Å². The molecule has 3 heterocycles. The first kappa shape index (κ1) is 25.0. The molecule has 0 saturated carbocycles. The van der Waals surface area contributed by atoms with Crippen molar-refractivity contribution in [2.24, 2.45) is 5.73 Å². The first-order valence-electron chi connectivity index (χ1n) is 12.4. The summed E-state index contributed by atoms with van der Waals surface area (Å²) in [6.45, 7) is 2.85. The third-order valence-corrected chi connectivity index (χ3v) is 7.02. The number of benzene rings is 2. The predicted octanol–water partition coefficient (Wildman–Crippen LogP) is 3.02. The lowest BCUT2D eigenvalue weighted by atomic mass is 10.0. The molecule has 2 saturated heterocycles. The number of hydrogen-bond donors (Lipinski definition) is 3. The van der Waals surface area contributed by atoms with Crippen molar-refractivity contribution in [3.05, 3.63) is 66.0 Å². The molecule has 5 rings (SSSR count). The number of nitrogens with zero attached hydrogens (tertiary/aromatic N) is 5. The summed E-state index contributed by atoms with van der Waals surface area (Å²) < 4.78 is 0. The van der Waals surface area contributed by atoms with Crippen molar-refractivity contribution in [2.45, 2.75) is 18.9 Å². The van der Waals surface area contributed by atoms with Gasteiger partial charge in [0.15, 0.2) is 11.5 Å². The number of carbonyl (C=O) groups is 3. The molecular formula is C27H29N7O4. The van der Waals surface area contributed by atoms with E-state index in [1.54, 1.807) is 35.4 Å². The molecule has 3 amide bonds. The Morgan fingerprint density at radius 1 is 1.03 bits per heavy atom. The minimum atomic E-state index is -0.970. The van der Waals surface area contributed by atoms with Crippen LogP contribution in [0.15, 0.2) is 54.7 Å². The number of nitrogens with two attached hydrogens (primary N) is 1. The van der Waals surface area contributed by atoms with E-state index >= 15 is 0 Å². The van der Waals surface area contributed by atoms with Crippen molar-refractivity contribution < 1.29 is 19.5 Å². The molecule has 0 aliphatic carbocycles. The van der Waals surface area contributed by atoms with Gasteiger partial charge in [-0.1, -0.05) is 24.3 Å². The van der Waals surface area contributed by atoms with Gasteiger partial charge in [0.2, 0.25) is 0 Å². The molecule has 0 bridgehead atoms. The zero-order valence-corrected chi connectivity index (χ0v) is 21.0. The number of likely N-dealkylation sites (N-methyl/N-ethyl adjacent to an activating group) is 1. The highest BCUT2D eigenvalue weighted by Crippen LogP contribution is 2.27. The fourth-order valence-corrected chi connectivity index (χ4v) is 4.91. The maximum absolute atomic E-state index is 12.5. The maximum Gasteiger partial charge on any atom is 0.335 e. The molecule has 38 heavy (non-hydrogen) atoms. The molecule has 2 aliphatic rings. The smallest absolute Gasteiger partial charge is 0.335 e. The van der Waals surface area contributed by atoms with Gasteiger partial charge in [-0.25, -0.2) is 19.6 Å². The number of urea groups is 1. The van der Waals surface area contributed by atoms with E-state index in [4.69, 9.17) is 15.8 Å². The normalized spacial score (nSPS) is 17.6. The van der Waals surface area contributed by atoms with E-state index in [2.05, 4.69) is 15.2 Å². The van der Waals surface area contributed by atoms with E-state index in [0.29, 0.717) is 24.6 Å². The molecule has 11 nitrogen and oxygen atoms in total. The van der Waals surface area contributed by atoms with Crippen LogP contribution in [0.3, 0.4) is 0 Å². The Kier molecular flexibility index (Phi) is 6.82. The summed E-state index contributed by atoms with van der Waals surface area (Å²) in [5.74, 6) is -0.796. The van der Waals surface area contributed by atoms with Gasteiger partial charge in [0.05, 0.1) is 17.8 Å². The highest BCUT2D eigenvalue weighted by Gasteiger charge is 2.34. The van der Waals surface area contributed by atoms with Crippen molar-refractivity contribution >= 4 is 35.2 Å². The number of carboxylic acids is 1. The molecule has 0 radical (unpaired) electrons. The van der Waals surface area contributed by atoms with Crippen LogP contribution in [-0.2, 0) is 0 Å². The van der Waals surface area contributed by atoms with Gasteiger partial charge in [-0.05, 0) is 48.2 Å².